The van der Waals surface area contributed by atoms with Crippen LogP contribution in [0.3, 0.4) is 0 Å². The Labute approximate surface area is 162 Å². The third-order valence-corrected chi connectivity index (χ3v) is 5.25. The lowest BCUT2D eigenvalue weighted by Gasteiger charge is -2.28. The quantitative estimate of drug-likeness (QED) is 0.572. The van der Waals surface area contributed by atoms with Gasteiger partial charge in [-0.25, -0.2) is 4.98 Å². The van der Waals surface area contributed by atoms with Crippen molar-refractivity contribution in [1.29, 1.82) is 0 Å². The van der Waals surface area contributed by atoms with E-state index < -0.39 is 40.8 Å². The van der Waals surface area contributed by atoms with Crippen molar-refractivity contribution in [3.63, 3.8) is 0 Å². The first-order valence-electron chi connectivity index (χ1n) is 9.21. The summed E-state index contributed by atoms with van der Waals surface area (Å²) < 4.78 is 86.6. The minimum atomic E-state index is -4.66. The van der Waals surface area contributed by atoms with Gasteiger partial charge in [0.05, 0.1) is 16.9 Å². The van der Waals surface area contributed by atoms with E-state index in [0.29, 0.717) is 25.7 Å². The fourth-order valence-corrected chi connectivity index (χ4v) is 3.39. The number of hydrogen-bond acceptors (Lipinski definition) is 5. The molecule has 0 aromatic carbocycles. The minimum absolute atomic E-state index is 0.0589. The van der Waals surface area contributed by atoms with Crippen molar-refractivity contribution in [2.24, 2.45) is 0 Å². The summed E-state index contributed by atoms with van der Waals surface area (Å²) in [6, 6.07) is 0.719. The number of anilines is 1. The largest absolute Gasteiger partial charge is 0.418 e. The van der Waals surface area contributed by atoms with Gasteiger partial charge in [-0.2, -0.15) is 26.3 Å². The van der Waals surface area contributed by atoms with Crippen molar-refractivity contribution in [1.82, 2.24) is 15.2 Å². The number of nitrogens with zero attached hydrogens (tertiary/aromatic N) is 3. The molecule has 1 unspecified atom stereocenters. The number of hydrogen-bond donors (Lipinski definition) is 1. The summed E-state index contributed by atoms with van der Waals surface area (Å²) in [6.07, 6.45) is -7.08. The van der Waals surface area contributed by atoms with Crippen molar-refractivity contribution in [2.75, 3.05) is 5.73 Å². The van der Waals surface area contributed by atoms with Crippen LogP contribution < -0.4 is 5.73 Å². The van der Waals surface area contributed by atoms with Gasteiger partial charge >= 0.3 is 12.4 Å². The molecule has 2 aromatic heterocycles. The van der Waals surface area contributed by atoms with E-state index >= 15 is 0 Å². The van der Waals surface area contributed by atoms with Gasteiger partial charge in [-0.3, -0.25) is 0 Å². The Balaban J connectivity index is 2.14. The van der Waals surface area contributed by atoms with E-state index in [1.165, 1.54) is 0 Å². The standard InChI is InChI=1S/C18H20F6N4O/c1-16(18(22,23)24)8-6-4-2-3-5-7-12-10(17(19,20)21)9-11(25)13(26-12)14-27-28-15(16)29-14/h9H,2-8,25H2,1H3. The maximum absolute atomic E-state index is 13.8. The summed E-state index contributed by atoms with van der Waals surface area (Å²) in [6.45, 7) is 0.977. The van der Waals surface area contributed by atoms with Crippen molar-refractivity contribution >= 4 is 5.69 Å². The Morgan fingerprint density at radius 2 is 1.66 bits per heavy atom. The van der Waals surface area contributed by atoms with Gasteiger partial charge in [0.15, 0.2) is 5.69 Å². The number of nitrogen functional groups attached to an aromatic ring is 1. The highest BCUT2D eigenvalue weighted by Gasteiger charge is 2.55. The number of aryl methyl sites for hydroxylation is 1. The summed E-state index contributed by atoms with van der Waals surface area (Å²) in [5.74, 6) is -1.08. The van der Waals surface area contributed by atoms with Crippen LogP contribution in [0.2, 0.25) is 0 Å². The molecule has 1 atom stereocenters. The van der Waals surface area contributed by atoms with Crippen LogP contribution in [-0.2, 0) is 18.0 Å². The van der Waals surface area contributed by atoms with E-state index in [9.17, 15) is 26.3 Å². The lowest BCUT2D eigenvalue weighted by Crippen LogP contribution is -2.40. The molecule has 1 aliphatic heterocycles. The van der Waals surface area contributed by atoms with Crippen LogP contribution in [0.15, 0.2) is 10.5 Å². The van der Waals surface area contributed by atoms with E-state index in [4.69, 9.17) is 10.2 Å². The second-order valence-corrected chi connectivity index (χ2v) is 7.43. The summed E-state index contributed by atoms with van der Waals surface area (Å²) in [5.41, 5.74) is 1.50. The van der Waals surface area contributed by atoms with Gasteiger partial charge < -0.3 is 10.2 Å². The van der Waals surface area contributed by atoms with Crippen LogP contribution >= 0.6 is 0 Å². The topological polar surface area (TPSA) is 77.8 Å². The number of fused-ring (bicyclic) bond motifs is 5. The molecule has 0 fully saturated rings. The summed E-state index contributed by atoms with van der Waals surface area (Å²) >= 11 is 0. The predicted molar refractivity (Wildman–Crippen MR) is 91.8 cm³/mol. The van der Waals surface area contributed by atoms with Gasteiger partial charge in [0.1, 0.15) is 5.41 Å². The van der Waals surface area contributed by atoms with Crippen LogP contribution in [0.1, 0.15) is 62.6 Å². The molecule has 3 heterocycles. The first kappa shape index (κ1) is 21.4. The highest BCUT2D eigenvalue weighted by molar-refractivity contribution is 5.67. The summed E-state index contributed by atoms with van der Waals surface area (Å²) in [7, 11) is 0. The number of halogens is 6. The molecule has 0 saturated carbocycles. The molecule has 4 bridgehead atoms. The molecule has 29 heavy (non-hydrogen) atoms. The molecule has 0 spiro atoms. The van der Waals surface area contributed by atoms with Crippen LogP contribution in [0.25, 0.3) is 11.6 Å². The molecular formula is C18H20F6N4O. The smallest absolute Gasteiger partial charge is 0.418 e. The molecule has 0 amide bonds. The van der Waals surface area contributed by atoms with Crippen molar-refractivity contribution in [3.8, 4) is 11.6 Å². The highest BCUT2D eigenvalue weighted by atomic mass is 19.4. The van der Waals surface area contributed by atoms with E-state index in [1.54, 1.807) is 0 Å². The van der Waals surface area contributed by atoms with Gasteiger partial charge in [-0.15, -0.1) is 10.2 Å². The molecular weight excluding hydrogens is 402 g/mol. The Morgan fingerprint density at radius 1 is 1.00 bits per heavy atom. The number of aromatic nitrogens is 3. The molecule has 11 heteroatoms. The Hall–Kier alpha value is -2.33. The lowest BCUT2D eigenvalue weighted by molar-refractivity contribution is -0.194. The van der Waals surface area contributed by atoms with Gasteiger partial charge in [0.2, 0.25) is 5.89 Å². The Morgan fingerprint density at radius 3 is 2.31 bits per heavy atom. The van der Waals surface area contributed by atoms with Crippen molar-refractivity contribution < 1.29 is 30.8 Å². The van der Waals surface area contributed by atoms with Gasteiger partial charge in [0, 0.05) is 0 Å². The van der Waals surface area contributed by atoms with E-state index in [-0.39, 0.29) is 30.7 Å². The number of nitrogens with two attached hydrogens (primary N) is 1. The average molecular weight is 422 g/mol. The molecule has 0 saturated heterocycles. The highest BCUT2D eigenvalue weighted by Crippen LogP contribution is 2.45. The molecule has 2 aromatic rings. The van der Waals surface area contributed by atoms with Crippen molar-refractivity contribution in [2.45, 2.75) is 69.6 Å². The molecule has 2 N–H and O–H groups in total. The zero-order valence-corrected chi connectivity index (χ0v) is 15.6. The lowest BCUT2D eigenvalue weighted by atomic mass is 9.83. The third-order valence-electron chi connectivity index (χ3n) is 5.25. The summed E-state index contributed by atoms with van der Waals surface area (Å²) in [4.78, 5) is 3.96. The van der Waals surface area contributed by atoms with Gasteiger partial charge in [-0.1, -0.05) is 25.7 Å². The monoisotopic (exact) mass is 422 g/mol. The van der Waals surface area contributed by atoms with E-state index in [1.807, 2.05) is 0 Å². The normalized spacial score (nSPS) is 21.6. The third kappa shape index (κ3) is 4.18. The minimum Gasteiger partial charge on any atom is -0.418 e. The molecule has 1 aliphatic rings. The Bertz CT molecular complexity index is 876. The maximum atomic E-state index is 13.8. The van der Waals surface area contributed by atoms with E-state index in [0.717, 1.165) is 13.0 Å². The first-order chi connectivity index (χ1) is 13.4. The van der Waals surface area contributed by atoms with Gasteiger partial charge in [-0.05, 0) is 32.3 Å². The average Bonchev–Trinajstić information content (AvgIpc) is 3.09. The van der Waals surface area contributed by atoms with Crippen LogP contribution in [-0.4, -0.2) is 21.4 Å². The number of rotatable bonds is 0. The Kier molecular flexibility index (Phi) is 5.52. The van der Waals surface area contributed by atoms with Gasteiger partial charge in [0.25, 0.3) is 5.89 Å². The predicted octanol–water partition coefficient (Wildman–Crippen LogP) is 5.45. The molecule has 0 aliphatic carbocycles. The fourth-order valence-electron chi connectivity index (χ4n) is 3.39. The summed E-state index contributed by atoms with van der Waals surface area (Å²) in [5, 5.41) is 7.14. The molecule has 0 radical (unpaired) electrons. The fraction of sp³-hybridized carbons (Fsp3) is 0.611. The first-order valence-corrected chi connectivity index (χ1v) is 9.21. The molecule has 3 rings (SSSR count). The number of alkyl halides is 6. The second kappa shape index (κ2) is 7.49. The van der Waals surface area contributed by atoms with Crippen molar-refractivity contribution in [3.05, 3.63) is 23.2 Å². The van der Waals surface area contributed by atoms with E-state index in [2.05, 4.69) is 15.2 Å². The number of pyridine rings is 1. The zero-order valence-electron chi connectivity index (χ0n) is 15.6. The molecule has 160 valence electrons. The zero-order chi connectivity index (χ0) is 21.4. The van der Waals surface area contributed by atoms with Crippen LogP contribution in [0.5, 0.6) is 0 Å². The SMILES string of the molecule is CC1(C(F)(F)F)CCCCCCCc2nc(c(N)cc2C(F)(F)F)-c2nnc1o2. The van der Waals surface area contributed by atoms with Crippen LogP contribution in [0.4, 0.5) is 32.0 Å². The maximum Gasteiger partial charge on any atom is 0.418 e. The van der Waals surface area contributed by atoms with Crippen LogP contribution in [0, 0.1) is 0 Å². The second-order valence-electron chi connectivity index (χ2n) is 7.43. The molecule has 5 nitrogen and oxygen atoms in total.